The summed E-state index contributed by atoms with van der Waals surface area (Å²) in [7, 11) is 0. The molecule has 0 atom stereocenters. The van der Waals surface area contributed by atoms with E-state index in [2.05, 4.69) is 5.32 Å². The Bertz CT molecular complexity index is 327. The molecule has 0 bridgehead atoms. The van der Waals surface area contributed by atoms with Gasteiger partial charge in [0.05, 0.1) is 0 Å². The molecule has 0 radical (unpaired) electrons. The molecule has 16 heavy (non-hydrogen) atoms. The predicted molar refractivity (Wildman–Crippen MR) is 61.4 cm³/mol. The highest BCUT2D eigenvalue weighted by atomic mass is 19.3. The van der Waals surface area contributed by atoms with Crippen molar-refractivity contribution in [3.8, 4) is 0 Å². The molecule has 0 aromatic heterocycles. The van der Waals surface area contributed by atoms with Crippen LogP contribution in [0.15, 0.2) is 24.3 Å². The fraction of sp³-hybridized carbons (Fsp3) is 0.500. The van der Waals surface area contributed by atoms with Crippen molar-refractivity contribution >= 4 is 0 Å². The summed E-state index contributed by atoms with van der Waals surface area (Å²) in [6, 6.07) is 6.45. The summed E-state index contributed by atoms with van der Waals surface area (Å²) in [5.41, 5.74) is 6.02. The van der Waals surface area contributed by atoms with Crippen LogP contribution in [0.5, 0.6) is 0 Å². The van der Waals surface area contributed by atoms with Gasteiger partial charge in [0.2, 0.25) is 0 Å². The Balaban J connectivity index is 2.79. The van der Waals surface area contributed by atoms with E-state index in [0.717, 1.165) is 0 Å². The Morgan fingerprint density at radius 2 is 2.00 bits per heavy atom. The molecule has 0 fully saturated rings. The van der Waals surface area contributed by atoms with E-state index in [1.807, 2.05) is 6.92 Å². The van der Waals surface area contributed by atoms with Gasteiger partial charge in [-0.3, -0.25) is 0 Å². The zero-order valence-electron chi connectivity index (χ0n) is 9.47. The third-order valence-electron chi connectivity index (χ3n) is 2.50. The number of hydrogen-bond acceptors (Lipinski definition) is 2. The van der Waals surface area contributed by atoms with Crippen LogP contribution >= 0.6 is 0 Å². The molecule has 0 amide bonds. The van der Waals surface area contributed by atoms with E-state index in [0.29, 0.717) is 18.7 Å². The molecule has 1 rings (SSSR count). The smallest absolute Gasteiger partial charge is 0.274 e. The van der Waals surface area contributed by atoms with Crippen LogP contribution in [0, 0.1) is 0 Å². The van der Waals surface area contributed by atoms with Gasteiger partial charge in [-0.05, 0) is 12.1 Å². The Labute approximate surface area is 94.8 Å². The molecule has 0 saturated heterocycles. The average Bonchev–Trinajstić information content (AvgIpc) is 2.29. The van der Waals surface area contributed by atoms with Gasteiger partial charge in [0.1, 0.15) is 0 Å². The first kappa shape index (κ1) is 13.1. The van der Waals surface area contributed by atoms with E-state index < -0.39 is 5.92 Å². The van der Waals surface area contributed by atoms with Crippen LogP contribution in [-0.2, 0) is 12.5 Å². The standard InChI is InChI=1S/C12H18F2N2/c1-2-16-8-7-12(13,14)11-6-4-3-5-10(11)9-15/h3-6,16H,2,7-9,15H2,1H3. The molecular weight excluding hydrogens is 210 g/mol. The average molecular weight is 228 g/mol. The number of benzene rings is 1. The van der Waals surface area contributed by atoms with Crippen LogP contribution in [0.2, 0.25) is 0 Å². The maximum Gasteiger partial charge on any atom is 0.274 e. The van der Waals surface area contributed by atoms with Crippen LogP contribution in [0.1, 0.15) is 24.5 Å². The SMILES string of the molecule is CCNCCC(F)(F)c1ccccc1CN. The first-order chi connectivity index (χ1) is 7.61. The van der Waals surface area contributed by atoms with E-state index in [1.165, 1.54) is 6.07 Å². The lowest BCUT2D eigenvalue weighted by Gasteiger charge is -2.19. The lowest BCUT2D eigenvalue weighted by molar-refractivity contribution is -0.0134. The minimum Gasteiger partial charge on any atom is -0.326 e. The summed E-state index contributed by atoms with van der Waals surface area (Å²) in [4.78, 5) is 0. The molecule has 0 spiro atoms. The third-order valence-corrected chi connectivity index (χ3v) is 2.50. The van der Waals surface area contributed by atoms with Crippen LogP contribution in [0.4, 0.5) is 8.78 Å². The zero-order valence-corrected chi connectivity index (χ0v) is 9.47. The highest BCUT2D eigenvalue weighted by molar-refractivity contribution is 5.30. The number of hydrogen-bond donors (Lipinski definition) is 2. The molecule has 4 heteroatoms. The van der Waals surface area contributed by atoms with Crippen LogP contribution in [-0.4, -0.2) is 13.1 Å². The Morgan fingerprint density at radius 3 is 2.62 bits per heavy atom. The van der Waals surface area contributed by atoms with Crippen molar-refractivity contribution < 1.29 is 8.78 Å². The summed E-state index contributed by atoms with van der Waals surface area (Å²) in [5, 5.41) is 2.90. The molecule has 1 aromatic rings. The second-order valence-electron chi connectivity index (χ2n) is 3.67. The van der Waals surface area contributed by atoms with Crippen LogP contribution in [0.3, 0.4) is 0 Å². The third kappa shape index (κ3) is 3.25. The van der Waals surface area contributed by atoms with Gasteiger partial charge in [-0.2, -0.15) is 0 Å². The number of nitrogens with two attached hydrogens (primary N) is 1. The van der Waals surface area contributed by atoms with E-state index in [1.54, 1.807) is 18.2 Å². The van der Waals surface area contributed by atoms with Crippen molar-refractivity contribution in [2.75, 3.05) is 13.1 Å². The topological polar surface area (TPSA) is 38.0 Å². The first-order valence-electron chi connectivity index (χ1n) is 5.48. The lowest BCUT2D eigenvalue weighted by atomic mass is 9.99. The van der Waals surface area contributed by atoms with Gasteiger partial charge >= 0.3 is 0 Å². The summed E-state index contributed by atoms with van der Waals surface area (Å²) >= 11 is 0. The summed E-state index contributed by atoms with van der Waals surface area (Å²) < 4.78 is 27.7. The molecule has 90 valence electrons. The summed E-state index contributed by atoms with van der Waals surface area (Å²) in [5.74, 6) is -2.81. The largest absolute Gasteiger partial charge is 0.326 e. The van der Waals surface area contributed by atoms with Crippen LogP contribution in [0.25, 0.3) is 0 Å². The van der Waals surface area contributed by atoms with Gasteiger partial charge in [0.25, 0.3) is 5.92 Å². The zero-order chi connectivity index (χ0) is 12.0. The summed E-state index contributed by atoms with van der Waals surface area (Å²) in [6.45, 7) is 3.05. The highest BCUT2D eigenvalue weighted by Gasteiger charge is 2.32. The van der Waals surface area contributed by atoms with Gasteiger partial charge in [-0.25, -0.2) is 8.78 Å². The number of halogens is 2. The first-order valence-corrected chi connectivity index (χ1v) is 5.48. The Kier molecular flexibility index (Phi) is 4.83. The molecule has 0 unspecified atom stereocenters. The fourth-order valence-electron chi connectivity index (χ4n) is 1.61. The highest BCUT2D eigenvalue weighted by Crippen LogP contribution is 2.33. The Morgan fingerprint density at radius 1 is 1.31 bits per heavy atom. The van der Waals surface area contributed by atoms with Gasteiger partial charge < -0.3 is 11.1 Å². The number of nitrogens with one attached hydrogen (secondary N) is 1. The summed E-state index contributed by atoms with van der Waals surface area (Å²) in [6.07, 6.45) is -0.197. The quantitative estimate of drug-likeness (QED) is 0.733. The van der Waals surface area contributed by atoms with Crippen molar-refractivity contribution in [3.63, 3.8) is 0 Å². The minimum atomic E-state index is -2.81. The van der Waals surface area contributed by atoms with E-state index >= 15 is 0 Å². The monoisotopic (exact) mass is 228 g/mol. The van der Waals surface area contributed by atoms with Crippen molar-refractivity contribution in [2.45, 2.75) is 25.8 Å². The van der Waals surface area contributed by atoms with Gasteiger partial charge in [0, 0.05) is 25.1 Å². The second-order valence-corrected chi connectivity index (χ2v) is 3.67. The molecule has 0 aliphatic heterocycles. The maximum atomic E-state index is 13.8. The van der Waals surface area contributed by atoms with E-state index in [-0.39, 0.29) is 18.5 Å². The molecule has 2 nitrogen and oxygen atoms in total. The van der Waals surface area contributed by atoms with Crippen molar-refractivity contribution in [2.24, 2.45) is 5.73 Å². The van der Waals surface area contributed by atoms with Gasteiger partial charge in [0.15, 0.2) is 0 Å². The molecule has 1 aromatic carbocycles. The molecule has 3 N–H and O–H groups in total. The molecule has 0 heterocycles. The van der Waals surface area contributed by atoms with E-state index in [4.69, 9.17) is 5.73 Å². The molecule has 0 saturated carbocycles. The molecule has 0 aliphatic rings. The fourth-order valence-corrected chi connectivity index (χ4v) is 1.61. The van der Waals surface area contributed by atoms with Crippen molar-refractivity contribution in [1.82, 2.24) is 5.32 Å². The van der Waals surface area contributed by atoms with Crippen LogP contribution < -0.4 is 11.1 Å². The second kappa shape index (κ2) is 5.92. The molecular formula is C12H18F2N2. The van der Waals surface area contributed by atoms with Crippen molar-refractivity contribution in [3.05, 3.63) is 35.4 Å². The Hall–Kier alpha value is -1.00. The predicted octanol–water partition coefficient (Wildman–Crippen LogP) is 2.24. The van der Waals surface area contributed by atoms with Gasteiger partial charge in [-0.15, -0.1) is 0 Å². The maximum absolute atomic E-state index is 13.8. The number of alkyl halides is 2. The van der Waals surface area contributed by atoms with Crippen molar-refractivity contribution in [1.29, 1.82) is 0 Å². The van der Waals surface area contributed by atoms with Gasteiger partial charge in [-0.1, -0.05) is 31.2 Å². The van der Waals surface area contributed by atoms with E-state index in [9.17, 15) is 8.78 Å². The normalized spacial score (nSPS) is 11.8. The number of rotatable bonds is 6. The lowest BCUT2D eigenvalue weighted by Crippen LogP contribution is -2.24. The molecule has 0 aliphatic carbocycles. The minimum absolute atomic E-state index is 0.0513.